The molecule has 0 aromatic carbocycles. The van der Waals surface area contributed by atoms with Gasteiger partial charge in [0.1, 0.15) is 5.69 Å². The average molecular weight is 273 g/mol. The molecule has 0 aliphatic carbocycles. The minimum atomic E-state index is -0.0315. The van der Waals surface area contributed by atoms with Crippen molar-refractivity contribution in [1.82, 2.24) is 15.3 Å². The van der Waals surface area contributed by atoms with Crippen molar-refractivity contribution in [3.05, 3.63) is 36.5 Å². The fraction of sp³-hybridized carbons (Fsp3) is 0.400. The molecule has 0 fully saturated rings. The standard InChI is InChI=1S/C15H19N3O2/c1-15(2,3)9-13(19)18-10-11-14(17-7-6-16-11)12-5-4-8-20-12/h4-8H,9-10H2,1-3H3,(H,18,19). The number of rotatable bonds is 4. The van der Waals surface area contributed by atoms with Crippen LogP contribution in [-0.4, -0.2) is 15.9 Å². The van der Waals surface area contributed by atoms with Crippen LogP contribution in [0.15, 0.2) is 35.2 Å². The highest BCUT2D eigenvalue weighted by Gasteiger charge is 2.17. The molecular formula is C15H19N3O2. The molecule has 2 rings (SSSR count). The van der Waals surface area contributed by atoms with Crippen LogP contribution in [-0.2, 0) is 11.3 Å². The normalized spacial score (nSPS) is 11.3. The molecule has 0 aliphatic rings. The van der Waals surface area contributed by atoms with E-state index in [1.807, 2.05) is 26.8 Å². The third-order valence-electron chi connectivity index (χ3n) is 2.67. The summed E-state index contributed by atoms with van der Waals surface area (Å²) in [5.41, 5.74) is 1.33. The summed E-state index contributed by atoms with van der Waals surface area (Å²) in [6.07, 6.45) is 5.28. The molecule has 0 bridgehead atoms. The number of furan rings is 1. The van der Waals surface area contributed by atoms with Crippen molar-refractivity contribution < 1.29 is 9.21 Å². The van der Waals surface area contributed by atoms with Crippen LogP contribution in [0.2, 0.25) is 0 Å². The van der Waals surface area contributed by atoms with Crippen LogP contribution in [0.4, 0.5) is 0 Å². The quantitative estimate of drug-likeness (QED) is 0.930. The molecule has 1 amide bonds. The van der Waals surface area contributed by atoms with E-state index < -0.39 is 0 Å². The van der Waals surface area contributed by atoms with Gasteiger partial charge in [-0.2, -0.15) is 0 Å². The van der Waals surface area contributed by atoms with Crippen molar-refractivity contribution in [2.24, 2.45) is 5.41 Å². The van der Waals surface area contributed by atoms with Crippen LogP contribution in [0.3, 0.4) is 0 Å². The first-order valence-corrected chi connectivity index (χ1v) is 6.56. The first-order valence-electron chi connectivity index (χ1n) is 6.56. The Morgan fingerprint density at radius 2 is 2.05 bits per heavy atom. The van der Waals surface area contributed by atoms with Crippen molar-refractivity contribution in [3.8, 4) is 11.5 Å². The third kappa shape index (κ3) is 3.91. The SMILES string of the molecule is CC(C)(C)CC(=O)NCc1nccnc1-c1ccco1. The second-order valence-electron chi connectivity index (χ2n) is 5.84. The minimum Gasteiger partial charge on any atom is -0.463 e. The van der Waals surface area contributed by atoms with Crippen molar-refractivity contribution in [2.45, 2.75) is 33.7 Å². The van der Waals surface area contributed by atoms with E-state index >= 15 is 0 Å². The van der Waals surface area contributed by atoms with E-state index in [4.69, 9.17) is 4.42 Å². The fourth-order valence-electron chi connectivity index (χ4n) is 1.84. The van der Waals surface area contributed by atoms with E-state index in [-0.39, 0.29) is 11.3 Å². The number of hydrogen-bond donors (Lipinski definition) is 1. The third-order valence-corrected chi connectivity index (χ3v) is 2.67. The molecule has 0 aliphatic heterocycles. The monoisotopic (exact) mass is 273 g/mol. The summed E-state index contributed by atoms with van der Waals surface area (Å²) >= 11 is 0. The zero-order valence-electron chi connectivity index (χ0n) is 12.0. The van der Waals surface area contributed by atoms with E-state index in [1.54, 1.807) is 24.7 Å². The number of nitrogens with one attached hydrogen (secondary N) is 1. The first kappa shape index (κ1) is 14.2. The molecule has 0 atom stereocenters. The molecule has 0 saturated heterocycles. The van der Waals surface area contributed by atoms with Gasteiger partial charge in [-0.25, -0.2) is 4.98 Å². The van der Waals surface area contributed by atoms with Crippen LogP contribution in [0, 0.1) is 5.41 Å². The highest BCUT2D eigenvalue weighted by molar-refractivity contribution is 5.76. The van der Waals surface area contributed by atoms with Crippen molar-refractivity contribution in [3.63, 3.8) is 0 Å². The lowest BCUT2D eigenvalue weighted by atomic mass is 9.92. The molecule has 0 saturated carbocycles. The molecule has 5 heteroatoms. The van der Waals surface area contributed by atoms with Gasteiger partial charge in [-0.3, -0.25) is 9.78 Å². The maximum atomic E-state index is 11.8. The number of nitrogens with zero attached hydrogens (tertiary/aromatic N) is 2. The smallest absolute Gasteiger partial charge is 0.220 e. The summed E-state index contributed by atoms with van der Waals surface area (Å²) in [6, 6.07) is 3.62. The Morgan fingerprint density at radius 1 is 1.30 bits per heavy atom. The maximum Gasteiger partial charge on any atom is 0.220 e. The summed E-state index contributed by atoms with van der Waals surface area (Å²) in [6.45, 7) is 6.44. The van der Waals surface area contributed by atoms with Gasteiger partial charge < -0.3 is 9.73 Å². The largest absolute Gasteiger partial charge is 0.463 e. The van der Waals surface area contributed by atoms with Gasteiger partial charge in [-0.1, -0.05) is 20.8 Å². The Kier molecular flexibility index (Phi) is 4.17. The Bertz CT molecular complexity index is 571. The van der Waals surface area contributed by atoms with Crippen molar-refractivity contribution >= 4 is 5.91 Å². The molecule has 5 nitrogen and oxygen atoms in total. The second-order valence-corrected chi connectivity index (χ2v) is 5.84. The predicted octanol–water partition coefficient (Wildman–Crippen LogP) is 2.79. The molecule has 1 N–H and O–H groups in total. The van der Waals surface area contributed by atoms with Crippen LogP contribution < -0.4 is 5.32 Å². The Morgan fingerprint density at radius 3 is 2.70 bits per heavy atom. The van der Waals surface area contributed by atoms with Gasteiger partial charge >= 0.3 is 0 Å². The lowest BCUT2D eigenvalue weighted by Gasteiger charge is -2.17. The summed E-state index contributed by atoms with van der Waals surface area (Å²) in [7, 11) is 0. The van der Waals surface area contributed by atoms with Gasteiger partial charge in [0.2, 0.25) is 5.91 Å². The molecular weight excluding hydrogens is 254 g/mol. The van der Waals surface area contributed by atoms with Gasteiger partial charge in [0.15, 0.2) is 5.76 Å². The lowest BCUT2D eigenvalue weighted by molar-refractivity contribution is -0.122. The fourth-order valence-corrected chi connectivity index (χ4v) is 1.84. The summed E-state index contributed by atoms with van der Waals surface area (Å²) in [5, 5.41) is 2.87. The van der Waals surface area contributed by atoms with E-state index in [0.29, 0.717) is 30.1 Å². The lowest BCUT2D eigenvalue weighted by Crippen LogP contribution is -2.27. The van der Waals surface area contributed by atoms with Gasteiger partial charge in [0, 0.05) is 18.8 Å². The van der Waals surface area contributed by atoms with Gasteiger partial charge in [0.25, 0.3) is 0 Å². The van der Waals surface area contributed by atoms with E-state index in [0.717, 1.165) is 0 Å². The van der Waals surface area contributed by atoms with Gasteiger partial charge in [-0.05, 0) is 17.5 Å². The molecule has 0 unspecified atom stereocenters. The maximum absolute atomic E-state index is 11.8. The molecule has 2 heterocycles. The van der Waals surface area contributed by atoms with Crippen molar-refractivity contribution in [1.29, 1.82) is 0 Å². The molecule has 20 heavy (non-hydrogen) atoms. The second kappa shape index (κ2) is 5.86. The van der Waals surface area contributed by atoms with Crippen LogP contribution >= 0.6 is 0 Å². The van der Waals surface area contributed by atoms with E-state index in [2.05, 4.69) is 15.3 Å². The van der Waals surface area contributed by atoms with Gasteiger partial charge in [-0.15, -0.1) is 0 Å². The number of hydrogen-bond acceptors (Lipinski definition) is 4. The topological polar surface area (TPSA) is 68.0 Å². The minimum absolute atomic E-state index is 0.00791. The zero-order valence-corrected chi connectivity index (χ0v) is 12.0. The molecule has 0 radical (unpaired) electrons. The highest BCUT2D eigenvalue weighted by atomic mass is 16.3. The molecule has 2 aromatic rings. The number of carbonyl (C=O) groups excluding carboxylic acids is 1. The molecule has 0 spiro atoms. The Balaban J connectivity index is 2.06. The first-order chi connectivity index (χ1) is 9.46. The van der Waals surface area contributed by atoms with Gasteiger partial charge in [0.05, 0.1) is 18.5 Å². The predicted molar refractivity (Wildman–Crippen MR) is 75.7 cm³/mol. The van der Waals surface area contributed by atoms with Crippen LogP contribution in [0.5, 0.6) is 0 Å². The number of carbonyl (C=O) groups is 1. The van der Waals surface area contributed by atoms with E-state index in [9.17, 15) is 4.79 Å². The zero-order chi connectivity index (χ0) is 14.6. The van der Waals surface area contributed by atoms with Crippen molar-refractivity contribution in [2.75, 3.05) is 0 Å². The summed E-state index contributed by atoms with van der Waals surface area (Å²) in [5.74, 6) is 0.659. The van der Waals surface area contributed by atoms with Crippen LogP contribution in [0.1, 0.15) is 32.9 Å². The van der Waals surface area contributed by atoms with E-state index in [1.165, 1.54) is 0 Å². The Hall–Kier alpha value is -2.17. The molecule has 2 aromatic heterocycles. The highest BCUT2D eigenvalue weighted by Crippen LogP contribution is 2.20. The summed E-state index contributed by atoms with van der Waals surface area (Å²) < 4.78 is 5.33. The average Bonchev–Trinajstić information content (AvgIpc) is 2.88. The number of amides is 1. The van der Waals surface area contributed by atoms with Crippen LogP contribution in [0.25, 0.3) is 11.5 Å². The number of aromatic nitrogens is 2. The molecule has 106 valence electrons. The Labute approximate surface area is 118 Å². The summed E-state index contributed by atoms with van der Waals surface area (Å²) in [4.78, 5) is 20.4.